The molecule has 7 heteroatoms. The molecule has 1 aliphatic rings. The van der Waals surface area contributed by atoms with Crippen LogP contribution >= 0.6 is 22.7 Å². The first kappa shape index (κ1) is 19.2. The minimum absolute atomic E-state index is 0.0698. The summed E-state index contributed by atoms with van der Waals surface area (Å²) in [4.78, 5) is 24.0. The number of aryl methyl sites for hydroxylation is 1. The molecule has 1 saturated heterocycles. The predicted molar refractivity (Wildman–Crippen MR) is 116 cm³/mol. The highest BCUT2D eigenvalue weighted by Crippen LogP contribution is 2.24. The normalized spacial score (nSPS) is 14.9. The summed E-state index contributed by atoms with van der Waals surface area (Å²) in [7, 11) is 0. The molecule has 3 aromatic rings. The Labute approximate surface area is 173 Å². The van der Waals surface area contributed by atoms with Crippen molar-refractivity contribution in [3.05, 3.63) is 52.0 Å². The molecular formula is C21H24N4OS2. The van der Waals surface area contributed by atoms with Gasteiger partial charge in [-0.15, -0.1) is 22.7 Å². The molecule has 4 rings (SSSR count). The van der Waals surface area contributed by atoms with Crippen LogP contribution in [-0.4, -0.2) is 33.9 Å². The Bertz CT molecular complexity index is 926. The van der Waals surface area contributed by atoms with Gasteiger partial charge in [0.1, 0.15) is 5.01 Å². The molecule has 0 aliphatic carbocycles. The lowest BCUT2D eigenvalue weighted by Crippen LogP contribution is -2.29. The number of hydrogen-bond acceptors (Lipinski definition) is 6. The third-order valence-electron chi connectivity index (χ3n) is 4.82. The fourth-order valence-electron chi connectivity index (χ4n) is 3.33. The fourth-order valence-corrected chi connectivity index (χ4v) is 4.87. The lowest BCUT2D eigenvalue weighted by atomic mass is 10.1. The molecule has 0 bridgehead atoms. The first-order valence-corrected chi connectivity index (χ1v) is 11.4. The second-order valence-corrected chi connectivity index (χ2v) is 8.93. The quantitative estimate of drug-likeness (QED) is 0.635. The Morgan fingerprint density at radius 1 is 1.04 bits per heavy atom. The lowest BCUT2D eigenvalue weighted by Gasteiger charge is -2.25. The molecule has 1 fully saturated rings. The van der Waals surface area contributed by atoms with Gasteiger partial charge in [-0.25, -0.2) is 9.97 Å². The number of carbonyl (C=O) groups excluding carboxylic acids is 1. The number of hydrogen-bond donors (Lipinski definition) is 1. The second kappa shape index (κ2) is 8.94. The Hall–Kier alpha value is -2.09. The van der Waals surface area contributed by atoms with Crippen LogP contribution in [0, 0.1) is 6.92 Å². The summed E-state index contributed by atoms with van der Waals surface area (Å²) in [6.45, 7) is 5.23. The number of piperidine rings is 1. The van der Waals surface area contributed by atoms with Crippen molar-refractivity contribution in [2.24, 2.45) is 0 Å². The molecule has 5 nitrogen and oxygen atoms in total. The van der Waals surface area contributed by atoms with Crippen LogP contribution in [0.2, 0.25) is 0 Å². The highest BCUT2D eigenvalue weighted by Gasteiger charge is 2.14. The molecule has 3 heterocycles. The first-order valence-electron chi connectivity index (χ1n) is 9.64. The number of carbonyl (C=O) groups is 1. The number of anilines is 1. The number of nitrogens with one attached hydrogen (secondary N) is 1. The molecule has 28 heavy (non-hydrogen) atoms. The van der Waals surface area contributed by atoms with Crippen molar-refractivity contribution in [1.82, 2.24) is 14.9 Å². The maximum absolute atomic E-state index is 12.4. The lowest BCUT2D eigenvalue weighted by molar-refractivity contribution is -0.115. The van der Waals surface area contributed by atoms with Gasteiger partial charge in [0.2, 0.25) is 5.91 Å². The number of thiazole rings is 2. The van der Waals surface area contributed by atoms with Crippen molar-refractivity contribution in [1.29, 1.82) is 0 Å². The first-order chi connectivity index (χ1) is 13.7. The number of amides is 1. The van der Waals surface area contributed by atoms with Crippen LogP contribution in [-0.2, 0) is 17.8 Å². The van der Waals surface area contributed by atoms with Crippen LogP contribution in [0.4, 0.5) is 5.13 Å². The Morgan fingerprint density at radius 3 is 2.57 bits per heavy atom. The van der Waals surface area contributed by atoms with Crippen molar-refractivity contribution in [2.75, 3.05) is 18.4 Å². The van der Waals surface area contributed by atoms with Gasteiger partial charge in [0, 0.05) is 22.9 Å². The molecular weight excluding hydrogens is 388 g/mol. The SMILES string of the molecule is Cc1ccc(-c2nc(CC(=O)Nc3nc(CN4CCCCC4)cs3)cs2)cc1. The van der Waals surface area contributed by atoms with Gasteiger partial charge in [-0.2, -0.15) is 0 Å². The van der Waals surface area contributed by atoms with E-state index in [1.807, 2.05) is 10.8 Å². The van der Waals surface area contributed by atoms with Crippen molar-refractivity contribution in [2.45, 2.75) is 39.2 Å². The molecule has 1 aliphatic heterocycles. The van der Waals surface area contributed by atoms with Crippen molar-refractivity contribution in [3.8, 4) is 10.6 Å². The molecule has 0 spiro atoms. The van der Waals surface area contributed by atoms with Gasteiger partial charge in [-0.1, -0.05) is 36.2 Å². The van der Waals surface area contributed by atoms with Gasteiger partial charge in [0.25, 0.3) is 0 Å². The van der Waals surface area contributed by atoms with E-state index in [0.717, 1.165) is 41.6 Å². The van der Waals surface area contributed by atoms with E-state index < -0.39 is 0 Å². The maximum Gasteiger partial charge on any atom is 0.232 e. The highest BCUT2D eigenvalue weighted by atomic mass is 32.1. The molecule has 1 amide bonds. The number of aromatic nitrogens is 2. The average Bonchev–Trinajstić information content (AvgIpc) is 3.33. The summed E-state index contributed by atoms with van der Waals surface area (Å²) < 4.78 is 0. The smallest absolute Gasteiger partial charge is 0.232 e. The molecule has 1 N–H and O–H groups in total. The van der Waals surface area contributed by atoms with Crippen LogP contribution in [0.25, 0.3) is 10.6 Å². The maximum atomic E-state index is 12.4. The molecule has 0 unspecified atom stereocenters. The van der Waals surface area contributed by atoms with Crippen LogP contribution in [0.1, 0.15) is 36.2 Å². The van der Waals surface area contributed by atoms with Gasteiger partial charge in [0.05, 0.1) is 17.8 Å². The van der Waals surface area contributed by atoms with Gasteiger partial charge >= 0.3 is 0 Å². The van der Waals surface area contributed by atoms with Crippen molar-refractivity contribution in [3.63, 3.8) is 0 Å². The van der Waals surface area contributed by atoms with Crippen LogP contribution in [0.5, 0.6) is 0 Å². The van der Waals surface area contributed by atoms with Gasteiger partial charge in [-0.3, -0.25) is 9.69 Å². The van der Waals surface area contributed by atoms with E-state index in [1.54, 1.807) is 11.3 Å². The number of likely N-dealkylation sites (tertiary alicyclic amines) is 1. The van der Waals surface area contributed by atoms with Crippen LogP contribution < -0.4 is 5.32 Å². The summed E-state index contributed by atoms with van der Waals surface area (Å²) in [6.07, 6.45) is 4.14. The summed E-state index contributed by atoms with van der Waals surface area (Å²) in [5, 5.41) is 8.54. The monoisotopic (exact) mass is 412 g/mol. The summed E-state index contributed by atoms with van der Waals surface area (Å²) in [5.74, 6) is -0.0698. The fraction of sp³-hybridized carbons (Fsp3) is 0.381. The zero-order valence-electron chi connectivity index (χ0n) is 16.0. The van der Waals surface area contributed by atoms with E-state index >= 15 is 0 Å². The van der Waals surface area contributed by atoms with E-state index in [4.69, 9.17) is 0 Å². The van der Waals surface area contributed by atoms with E-state index in [1.165, 1.54) is 36.2 Å². The predicted octanol–water partition coefficient (Wildman–Crippen LogP) is 4.74. The number of benzene rings is 1. The van der Waals surface area contributed by atoms with E-state index in [-0.39, 0.29) is 12.3 Å². The second-order valence-electron chi connectivity index (χ2n) is 7.22. The van der Waals surface area contributed by atoms with E-state index in [2.05, 4.69) is 51.4 Å². The van der Waals surface area contributed by atoms with Gasteiger partial charge < -0.3 is 5.32 Å². The third kappa shape index (κ3) is 5.04. The Morgan fingerprint density at radius 2 is 1.79 bits per heavy atom. The molecule has 146 valence electrons. The van der Waals surface area contributed by atoms with Gasteiger partial charge in [0.15, 0.2) is 5.13 Å². The van der Waals surface area contributed by atoms with E-state index in [0.29, 0.717) is 5.13 Å². The Balaban J connectivity index is 1.31. The van der Waals surface area contributed by atoms with Gasteiger partial charge in [-0.05, 0) is 32.9 Å². The standard InChI is InChI=1S/C21H24N4OS2/c1-15-5-7-16(8-6-15)20-22-17(13-27-20)11-19(26)24-21-23-18(14-28-21)12-25-9-3-2-4-10-25/h5-8,13-14H,2-4,9-12H2,1H3,(H,23,24,26). The zero-order valence-corrected chi connectivity index (χ0v) is 17.6. The zero-order chi connectivity index (χ0) is 19.3. The van der Waals surface area contributed by atoms with Crippen LogP contribution in [0.3, 0.4) is 0 Å². The van der Waals surface area contributed by atoms with Crippen molar-refractivity contribution >= 4 is 33.7 Å². The highest BCUT2D eigenvalue weighted by molar-refractivity contribution is 7.14. The summed E-state index contributed by atoms with van der Waals surface area (Å²) in [6, 6.07) is 8.29. The molecule has 0 saturated carbocycles. The topological polar surface area (TPSA) is 58.1 Å². The minimum Gasteiger partial charge on any atom is -0.302 e. The number of rotatable bonds is 6. The molecule has 1 aromatic carbocycles. The largest absolute Gasteiger partial charge is 0.302 e. The summed E-state index contributed by atoms with van der Waals surface area (Å²) >= 11 is 3.06. The number of nitrogens with zero attached hydrogens (tertiary/aromatic N) is 3. The minimum atomic E-state index is -0.0698. The molecule has 2 aromatic heterocycles. The van der Waals surface area contributed by atoms with E-state index in [9.17, 15) is 4.79 Å². The molecule has 0 radical (unpaired) electrons. The third-order valence-corrected chi connectivity index (χ3v) is 6.57. The van der Waals surface area contributed by atoms with Crippen molar-refractivity contribution < 1.29 is 4.79 Å². The van der Waals surface area contributed by atoms with Crippen LogP contribution in [0.15, 0.2) is 35.0 Å². The molecule has 0 atom stereocenters. The average molecular weight is 413 g/mol. The summed E-state index contributed by atoms with van der Waals surface area (Å²) in [5.41, 5.74) is 4.15. The Kier molecular flexibility index (Phi) is 6.14.